The van der Waals surface area contributed by atoms with Crippen molar-refractivity contribution in [2.24, 2.45) is 17.8 Å². The maximum Gasteiger partial charge on any atom is 0.306 e. The summed E-state index contributed by atoms with van der Waals surface area (Å²) in [7, 11) is 0. The monoisotopic (exact) mass is 905 g/mol. The van der Waals surface area contributed by atoms with Gasteiger partial charge in [-0.3, -0.25) is 14.4 Å². The quantitative estimate of drug-likeness (QED) is 0.0344. The van der Waals surface area contributed by atoms with Gasteiger partial charge in [0.2, 0.25) is 0 Å². The maximum absolute atomic E-state index is 12.9. The molecular formula is C58H112O6. The van der Waals surface area contributed by atoms with E-state index in [2.05, 4.69) is 41.5 Å². The summed E-state index contributed by atoms with van der Waals surface area (Å²) in [6.45, 7) is 13.7. The Balaban J connectivity index is 4.29. The van der Waals surface area contributed by atoms with Crippen LogP contribution in [0.15, 0.2) is 0 Å². The van der Waals surface area contributed by atoms with Gasteiger partial charge in [0.15, 0.2) is 6.10 Å². The van der Waals surface area contributed by atoms with Crippen LogP contribution in [0, 0.1) is 17.8 Å². The van der Waals surface area contributed by atoms with Crippen LogP contribution < -0.4 is 0 Å². The molecule has 0 N–H and O–H groups in total. The standard InChI is InChI=1S/C58H112O6/c1-52(2)44-38-32-26-20-14-11-9-7-8-10-12-16-25-31-37-43-49-58(61)64-55(51-63-57(60)48-42-36-30-24-19-18-22-28-34-40-46-54(5)6)50-62-56(59)47-41-35-29-23-17-13-15-21-27-33-39-45-53(3)4/h52-55H,7-51H2,1-6H3/t55-/m1/s1. The van der Waals surface area contributed by atoms with Crippen LogP contribution in [0.2, 0.25) is 0 Å². The van der Waals surface area contributed by atoms with Gasteiger partial charge in [0.25, 0.3) is 0 Å². The summed E-state index contributed by atoms with van der Waals surface area (Å²) >= 11 is 0. The summed E-state index contributed by atoms with van der Waals surface area (Å²) in [5, 5.41) is 0. The summed E-state index contributed by atoms with van der Waals surface area (Å²) in [4.78, 5) is 38.1. The van der Waals surface area contributed by atoms with Gasteiger partial charge in [0.05, 0.1) is 0 Å². The molecule has 6 nitrogen and oxygen atoms in total. The largest absolute Gasteiger partial charge is 0.462 e. The van der Waals surface area contributed by atoms with Gasteiger partial charge in [0.1, 0.15) is 13.2 Å². The zero-order valence-corrected chi connectivity index (χ0v) is 44.1. The van der Waals surface area contributed by atoms with E-state index >= 15 is 0 Å². The highest BCUT2D eigenvalue weighted by Crippen LogP contribution is 2.18. The first kappa shape index (κ1) is 62.4. The Bertz CT molecular complexity index is 991. The summed E-state index contributed by atoms with van der Waals surface area (Å²) < 4.78 is 16.9. The summed E-state index contributed by atoms with van der Waals surface area (Å²) in [5.41, 5.74) is 0. The van der Waals surface area contributed by atoms with Gasteiger partial charge in [-0.2, -0.15) is 0 Å². The zero-order chi connectivity index (χ0) is 47.0. The second-order valence-corrected chi connectivity index (χ2v) is 21.4. The van der Waals surface area contributed by atoms with E-state index in [0.29, 0.717) is 19.3 Å². The van der Waals surface area contributed by atoms with Gasteiger partial charge < -0.3 is 14.2 Å². The number of carbonyl (C=O) groups is 3. The minimum absolute atomic E-state index is 0.0639. The summed E-state index contributed by atoms with van der Waals surface area (Å²) in [6, 6.07) is 0. The Kier molecular flexibility index (Phi) is 48.1. The lowest BCUT2D eigenvalue weighted by molar-refractivity contribution is -0.167. The summed E-state index contributed by atoms with van der Waals surface area (Å²) in [6.07, 6.45) is 50.9. The molecule has 0 radical (unpaired) electrons. The van der Waals surface area contributed by atoms with Crippen molar-refractivity contribution in [1.29, 1.82) is 0 Å². The molecular weight excluding hydrogens is 793 g/mol. The lowest BCUT2D eigenvalue weighted by atomic mass is 10.0. The highest BCUT2D eigenvalue weighted by Gasteiger charge is 2.19. The first-order valence-corrected chi connectivity index (χ1v) is 28.6. The van der Waals surface area contributed by atoms with Gasteiger partial charge in [0, 0.05) is 19.3 Å². The van der Waals surface area contributed by atoms with Crippen LogP contribution in [0.4, 0.5) is 0 Å². The van der Waals surface area contributed by atoms with Crippen molar-refractivity contribution in [2.45, 2.75) is 324 Å². The Labute approximate surface area is 399 Å². The van der Waals surface area contributed by atoms with E-state index in [9.17, 15) is 14.4 Å². The molecule has 0 aliphatic carbocycles. The predicted octanol–water partition coefficient (Wildman–Crippen LogP) is 18.7. The molecule has 0 aromatic heterocycles. The summed E-state index contributed by atoms with van der Waals surface area (Å²) in [5.74, 6) is 1.65. The molecule has 0 rings (SSSR count). The number of hydrogen-bond donors (Lipinski definition) is 0. The molecule has 0 fully saturated rings. The Morgan fingerprint density at radius 1 is 0.266 bits per heavy atom. The van der Waals surface area contributed by atoms with E-state index in [1.165, 1.54) is 199 Å². The Morgan fingerprint density at radius 2 is 0.453 bits per heavy atom. The number of hydrogen-bond acceptors (Lipinski definition) is 6. The molecule has 0 unspecified atom stereocenters. The van der Waals surface area contributed by atoms with E-state index in [1.807, 2.05) is 0 Å². The smallest absolute Gasteiger partial charge is 0.306 e. The Morgan fingerprint density at radius 3 is 0.672 bits per heavy atom. The molecule has 0 spiro atoms. The predicted molar refractivity (Wildman–Crippen MR) is 275 cm³/mol. The van der Waals surface area contributed by atoms with Crippen LogP contribution in [0.3, 0.4) is 0 Å². The van der Waals surface area contributed by atoms with Crippen molar-refractivity contribution >= 4 is 17.9 Å². The molecule has 0 amide bonds. The van der Waals surface area contributed by atoms with Crippen LogP contribution >= 0.6 is 0 Å². The molecule has 0 aromatic carbocycles. The van der Waals surface area contributed by atoms with Gasteiger partial charge in [-0.1, -0.05) is 279 Å². The van der Waals surface area contributed by atoms with Crippen molar-refractivity contribution in [1.82, 2.24) is 0 Å². The minimum atomic E-state index is -0.763. The van der Waals surface area contributed by atoms with Crippen molar-refractivity contribution in [3.8, 4) is 0 Å². The average molecular weight is 906 g/mol. The highest BCUT2D eigenvalue weighted by molar-refractivity contribution is 5.71. The molecule has 0 aliphatic rings. The zero-order valence-electron chi connectivity index (χ0n) is 44.1. The van der Waals surface area contributed by atoms with Crippen molar-refractivity contribution < 1.29 is 28.6 Å². The van der Waals surface area contributed by atoms with Gasteiger partial charge in [-0.15, -0.1) is 0 Å². The number of unbranched alkanes of at least 4 members (excludes halogenated alkanes) is 34. The fraction of sp³-hybridized carbons (Fsp3) is 0.948. The molecule has 0 saturated heterocycles. The van der Waals surface area contributed by atoms with Crippen LogP contribution in [0.5, 0.6) is 0 Å². The van der Waals surface area contributed by atoms with Gasteiger partial charge >= 0.3 is 17.9 Å². The SMILES string of the molecule is CC(C)CCCCCCCCCCCCCCCCCCC(=O)O[C@H](COC(=O)CCCCCCCCCCCCCC(C)C)COC(=O)CCCCCCCCCCCCC(C)C. The van der Waals surface area contributed by atoms with Crippen LogP contribution in [0.25, 0.3) is 0 Å². The van der Waals surface area contributed by atoms with E-state index in [1.54, 1.807) is 0 Å². The van der Waals surface area contributed by atoms with Gasteiger partial charge in [-0.25, -0.2) is 0 Å². The third kappa shape index (κ3) is 51.4. The third-order valence-electron chi connectivity index (χ3n) is 13.1. The van der Waals surface area contributed by atoms with Crippen LogP contribution in [0.1, 0.15) is 318 Å². The molecule has 64 heavy (non-hydrogen) atoms. The minimum Gasteiger partial charge on any atom is -0.462 e. The van der Waals surface area contributed by atoms with Crippen molar-refractivity contribution in [3.63, 3.8) is 0 Å². The number of ether oxygens (including phenoxy) is 3. The number of carbonyl (C=O) groups excluding carboxylic acids is 3. The van der Waals surface area contributed by atoms with Crippen LogP contribution in [-0.4, -0.2) is 37.2 Å². The van der Waals surface area contributed by atoms with Crippen LogP contribution in [-0.2, 0) is 28.6 Å². The molecule has 0 aromatic rings. The van der Waals surface area contributed by atoms with E-state index in [4.69, 9.17) is 14.2 Å². The lowest BCUT2D eigenvalue weighted by Crippen LogP contribution is -2.30. The fourth-order valence-corrected chi connectivity index (χ4v) is 8.82. The van der Waals surface area contributed by atoms with E-state index in [0.717, 1.165) is 75.5 Å². The third-order valence-corrected chi connectivity index (χ3v) is 13.1. The van der Waals surface area contributed by atoms with E-state index < -0.39 is 6.10 Å². The molecule has 1 atom stereocenters. The average Bonchev–Trinajstić information content (AvgIpc) is 3.25. The topological polar surface area (TPSA) is 78.9 Å². The molecule has 380 valence electrons. The molecule has 0 saturated carbocycles. The normalized spacial score (nSPS) is 12.1. The first-order valence-electron chi connectivity index (χ1n) is 28.6. The number of esters is 3. The molecule has 0 bridgehead atoms. The molecule has 6 heteroatoms. The second kappa shape index (κ2) is 49.3. The van der Waals surface area contributed by atoms with E-state index in [-0.39, 0.29) is 31.1 Å². The van der Waals surface area contributed by atoms with Gasteiger partial charge in [-0.05, 0) is 37.0 Å². The molecule has 0 aliphatic heterocycles. The fourth-order valence-electron chi connectivity index (χ4n) is 8.82. The maximum atomic E-state index is 12.9. The molecule has 0 heterocycles. The second-order valence-electron chi connectivity index (χ2n) is 21.4. The Hall–Kier alpha value is -1.59. The first-order chi connectivity index (χ1) is 31.1. The highest BCUT2D eigenvalue weighted by atomic mass is 16.6. The number of rotatable bonds is 51. The van der Waals surface area contributed by atoms with Crippen molar-refractivity contribution in [2.75, 3.05) is 13.2 Å². The lowest BCUT2D eigenvalue weighted by Gasteiger charge is -2.18. The van der Waals surface area contributed by atoms with Crippen molar-refractivity contribution in [3.05, 3.63) is 0 Å².